The van der Waals surface area contributed by atoms with Gasteiger partial charge in [0.15, 0.2) is 5.65 Å². The zero-order valence-electron chi connectivity index (χ0n) is 9.30. The molecule has 0 unspecified atom stereocenters. The Hall–Kier alpha value is -0.800. The SMILES string of the molecule is CCCc1c(Cl)nc2cc(CC)nn2c1Cl. The molecule has 0 aliphatic rings. The van der Waals surface area contributed by atoms with Gasteiger partial charge < -0.3 is 0 Å². The third-order valence-corrected chi connectivity index (χ3v) is 3.20. The standard InChI is InChI=1S/C11H13Cl2N3/c1-3-5-8-10(12)14-9-6-7(4-2)15-16(9)11(8)13/h6H,3-5H2,1-2H3. The van der Waals surface area contributed by atoms with Crippen LogP contribution in [-0.2, 0) is 12.8 Å². The largest absolute Gasteiger partial charge is 0.216 e. The summed E-state index contributed by atoms with van der Waals surface area (Å²) in [5.41, 5.74) is 2.56. The lowest BCUT2D eigenvalue weighted by molar-refractivity contribution is 0.846. The van der Waals surface area contributed by atoms with Gasteiger partial charge in [0.05, 0.1) is 5.69 Å². The first-order chi connectivity index (χ1) is 7.67. The van der Waals surface area contributed by atoms with E-state index in [1.54, 1.807) is 4.52 Å². The number of nitrogens with zero attached hydrogens (tertiary/aromatic N) is 3. The van der Waals surface area contributed by atoms with Crippen molar-refractivity contribution < 1.29 is 0 Å². The lowest BCUT2D eigenvalue weighted by atomic mass is 10.2. The Morgan fingerprint density at radius 1 is 1.31 bits per heavy atom. The molecule has 2 aromatic heterocycles. The highest BCUT2D eigenvalue weighted by Gasteiger charge is 2.13. The topological polar surface area (TPSA) is 30.2 Å². The van der Waals surface area contributed by atoms with Crippen molar-refractivity contribution in [1.82, 2.24) is 14.6 Å². The third-order valence-electron chi connectivity index (χ3n) is 2.50. The summed E-state index contributed by atoms with van der Waals surface area (Å²) in [5.74, 6) is 0. The summed E-state index contributed by atoms with van der Waals surface area (Å²) >= 11 is 12.4. The van der Waals surface area contributed by atoms with E-state index in [4.69, 9.17) is 23.2 Å². The van der Waals surface area contributed by atoms with Crippen LogP contribution in [0.15, 0.2) is 6.07 Å². The Morgan fingerprint density at radius 2 is 2.06 bits per heavy atom. The van der Waals surface area contributed by atoms with Crippen LogP contribution in [0.25, 0.3) is 5.65 Å². The number of aryl methyl sites for hydroxylation is 1. The smallest absolute Gasteiger partial charge is 0.158 e. The van der Waals surface area contributed by atoms with E-state index < -0.39 is 0 Å². The normalized spacial score (nSPS) is 11.2. The minimum atomic E-state index is 0.488. The zero-order valence-corrected chi connectivity index (χ0v) is 10.8. The molecule has 86 valence electrons. The maximum absolute atomic E-state index is 6.27. The van der Waals surface area contributed by atoms with E-state index in [2.05, 4.69) is 17.0 Å². The fourth-order valence-corrected chi connectivity index (χ4v) is 2.28. The van der Waals surface area contributed by atoms with Crippen molar-refractivity contribution in [3.8, 4) is 0 Å². The highest BCUT2D eigenvalue weighted by atomic mass is 35.5. The van der Waals surface area contributed by atoms with E-state index in [1.807, 2.05) is 13.0 Å². The monoisotopic (exact) mass is 257 g/mol. The van der Waals surface area contributed by atoms with Crippen molar-refractivity contribution in [1.29, 1.82) is 0 Å². The molecule has 0 saturated carbocycles. The first-order valence-electron chi connectivity index (χ1n) is 5.39. The second-order valence-electron chi connectivity index (χ2n) is 3.68. The van der Waals surface area contributed by atoms with Gasteiger partial charge in [-0.15, -0.1) is 0 Å². The van der Waals surface area contributed by atoms with Crippen molar-refractivity contribution in [3.63, 3.8) is 0 Å². The van der Waals surface area contributed by atoms with Crippen LogP contribution in [0.4, 0.5) is 0 Å². The van der Waals surface area contributed by atoms with E-state index in [-0.39, 0.29) is 0 Å². The fourth-order valence-electron chi connectivity index (χ4n) is 1.65. The average Bonchev–Trinajstić information content (AvgIpc) is 2.67. The molecule has 0 saturated heterocycles. The highest BCUT2D eigenvalue weighted by Crippen LogP contribution is 2.25. The molecular formula is C11H13Cl2N3. The Balaban J connectivity index is 2.66. The van der Waals surface area contributed by atoms with Crippen LogP contribution >= 0.6 is 23.2 Å². The molecule has 0 aliphatic heterocycles. The fraction of sp³-hybridized carbons (Fsp3) is 0.455. The van der Waals surface area contributed by atoms with Crippen molar-refractivity contribution in [2.75, 3.05) is 0 Å². The minimum absolute atomic E-state index is 0.488. The summed E-state index contributed by atoms with van der Waals surface area (Å²) in [6, 6.07) is 1.91. The van der Waals surface area contributed by atoms with Gasteiger partial charge in [-0.05, 0) is 12.8 Å². The van der Waals surface area contributed by atoms with Crippen LogP contribution in [0.5, 0.6) is 0 Å². The molecule has 5 heteroatoms. The van der Waals surface area contributed by atoms with E-state index >= 15 is 0 Å². The van der Waals surface area contributed by atoms with Crippen LogP contribution in [0.1, 0.15) is 31.5 Å². The highest BCUT2D eigenvalue weighted by molar-refractivity contribution is 6.34. The maximum atomic E-state index is 6.27. The molecule has 2 rings (SSSR count). The lowest BCUT2D eigenvalue weighted by Crippen LogP contribution is -2.00. The van der Waals surface area contributed by atoms with Crippen LogP contribution in [0.2, 0.25) is 10.3 Å². The van der Waals surface area contributed by atoms with E-state index in [0.29, 0.717) is 16.0 Å². The van der Waals surface area contributed by atoms with Crippen LogP contribution in [0.3, 0.4) is 0 Å². The molecule has 16 heavy (non-hydrogen) atoms. The molecule has 0 spiro atoms. The second-order valence-corrected chi connectivity index (χ2v) is 4.40. The molecule has 0 fully saturated rings. The number of halogens is 2. The number of hydrogen-bond donors (Lipinski definition) is 0. The number of hydrogen-bond acceptors (Lipinski definition) is 2. The van der Waals surface area contributed by atoms with Gasteiger partial charge in [0.1, 0.15) is 10.3 Å². The van der Waals surface area contributed by atoms with Gasteiger partial charge in [-0.3, -0.25) is 0 Å². The summed E-state index contributed by atoms with van der Waals surface area (Å²) in [7, 11) is 0. The van der Waals surface area contributed by atoms with Crippen molar-refractivity contribution in [2.24, 2.45) is 0 Å². The van der Waals surface area contributed by atoms with Crippen LogP contribution in [-0.4, -0.2) is 14.6 Å². The Labute approximate surface area is 104 Å². The Bertz CT molecular complexity index is 519. The first kappa shape index (κ1) is 11.7. The van der Waals surface area contributed by atoms with E-state index in [9.17, 15) is 0 Å². The van der Waals surface area contributed by atoms with Crippen LogP contribution in [0, 0.1) is 0 Å². The maximum Gasteiger partial charge on any atom is 0.158 e. The van der Waals surface area contributed by atoms with Gasteiger partial charge in [-0.1, -0.05) is 43.5 Å². The Kier molecular flexibility index (Phi) is 3.36. The predicted octanol–water partition coefficient (Wildman–Crippen LogP) is 3.55. The number of fused-ring (bicyclic) bond motifs is 1. The predicted molar refractivity (Wildman–Crippen MR) is 66.4 cm³/mol. The van der Waals surface area contributed by atoms with Gasteiger partial charge in [0.25, 0.3) is 0 Å². The Morgan fingerprint density at radius 3 is 2.69 bits per heavy atom. The molecule has 0 bridgehead atoms. The molecule has 0 atom stereocenters. The number of rotatable bonds is 3. The van der Waals surface area contributed by atoms with Gasteiger partial charge in [0.2, 0.25) is 0 Å². The molecule has 0 aromatic carbocycles. The number of aromatic nitrogens is 3. The average molecular weight is 258 g/mol. The van der Waals surface area contributed by atoms with Gasteiger partial charge >= 0.3 is 0 Å². The molecule has 0 radical (unpaired) electrons. The molecule has 0 amide bonds. The quantitative estimate of drug-likeness (QED) is 0.788. The minimum Gasteiger partial charge on any atom is -0.216 e. The van der Waals surface area contributed by atoms with Crippen molar-refractivity contribution >= 4 is 28.8 Å². The summed E-state index contributed by atoms with van der Waals surface area (Å²) < 4.78 is 1.66. The van der Waals surface area contributed by atoms with Crippen molar-refractivity contribution in [3.05, 3.63) is 27.6 Å². The zero-order chi connectivity index (χ0) is 11.7. The van der Waals surface area contributed by atoms with E-state index in [1.165, 1.54) is 0 Å². The van der Waals surface area contributed by atoms with Crippen molar-refractivity contribution in [2.45, 2.75) is 33.1 Å². The van der Waals surface area contributed by atoms with E-state index in [0.717, 1.165) is 30.5 Å². The summed E-state index contributed by atoms with van der Waals surface area (Å²) in [6.45, 7) is 4.13. The molecule has 3 nitrogen and oxygen atoms in total. The molecular weight excluding hydrogens is 245 g/mol. The molecule has 2 aromatic rings. The lowest BCUT2D eigenvalue weighted by Gasteiger charge is -2.06. The second kappa shape index (κ2) is 4.60. The van der Waals surface area contributed by atoms with Gasteiger partial charge in [-0.25, -0.2) is 9.50 Å². The van der Waals surface area contributed by atoms with Crippen LogP contribution < -0.4 is 0 Å². The summed E-state index contributed by atoms with van der Waals surface area (Å²) in [6.07, 6.45) is 2.66. The molecule has 0 aliphatic carbocycles. The summed E-state index contributed by atoms with van der Waals surface area (Å²) in [4.78, 5) is 4.31. The third kappa shape index (κ3) is 1.89. The summed E-state index contributed by atoms with van der Waals surface area (Å²) in [5, 5.41) is 5.45. The molecule has 0 N–H and O–H groups in total. The first-order valence-corrected chi connectivity index (χ1v) is 6.15. The van der Waals surface area contributed by atoms with Gasteiger partial charge in [-0.2, -0.15) is 5.10 Å². The molecule has 2 heterocycles. The van der Waals surface area contributed by atoms with Gasteiger partial charge in [0, 0.05) is 11.6 Å².